The molecule has 1 aromatic heterocycles. The minimum Gasteiger partial charge on any atom is -0.399 e. The van der Waals surface area contributed by atoms with E-state index in [2.05, 4.69) is 30.7 Å². The van der Waals surface area contributed by atoms with Crippen molar-refractivity contribution < 1.29 is 0 Å². The topological polar surface area (TPSA) is 56.7 Å². The van der Waals surface area contributed by atoms with Crippen LogP contribution in [0.2, 0.25) is 0 Å². The van der Waals surface area contributed by atoms with Gasteiger partial charge < -0.3 is 10.3 Å². The van der Waals surface area contributed by atoms with Gasteiger partial charge in [0.05, 0.1) is 0 Å². The van der Waals surface area contributed by atoms with Gasteiger partial charge in [-0.25, -0.2) is 0 Å². The van der Waals surface area contributed by atoms with Crippen LogP contribution in [0.1, 0.15) is 18.7 Å². The zero-order valence-electron chi connectivity index (χ0n) is 9.36. The largest absolute Gasteiger partial charge is 0.399 e. The molecule has 0 atom stereocenters. The predicted molar refractivity (Wildman–Crippen MR) is 70.5 cm³/mol. The number of nitrogens with two attached hydrogens (primary N) is 1. The average molecular weight is 293 g/mol. The molecule has 0 amide bonds. The maximum Gasteiger partial charge on any atom is 0.164 e. The first-order chi connectivity index (χ1) is 8.24. The first-order valence-electron chi connectivity index (χ1n) is 5.72. The second-order valence-corrected chi connectivity index (χ2v) is 5.24. The molecule has 0 aliphatic carbocycles. The lowest BCUT2D eigenvalue weighted by Crippen LogP contribution is -2.11. The summed E-state index contributed by atoms with van der Waals surface area (Å²) in [5.41, 5.74) is 7.62. The van der Waals surface area contributed by atoms with E-state index in [1.54, 1.807) is 0 Å². The van der Waals surface area contributed by atoms with Crippen molar-refractivity contribution in [2.75, 3.05) is 5.73 Å². The van der Waals surface area contributed by atoms with E-state index in [1.807, 2.05) is 18.2 Å². The second kappa shape index (κ2) is 4.14. The fourth-order valence-electron chi connectivity index (χ4n) is 2.26. The number of nitrogen functional groups attached to an aromatic ring is 1. The summed E-state index contributed by atoms with van der Waals surface area (Å²) in [4.78, 5) is 0. The van der Waals surface area contributed by atoms with Gasteiger partial charge in [0.1, 0.15) is 5.82 Å². The highest BCUT2D eigenvalue weighted by Gasteiger charge is 2.17. The second-order valence-electron chi connectivity index (χ2n) is 4.32. The molecule has 1 aliphatic heterocycles. The number of hydrogen-bond acceptors (Lipinski definition) is 3. The van der Waals surface area contributed by atoms with Crippen molar-refractivity contribution in [1.29, 1.82) is 0 Å². The van der Waals surface area contributed by atoms with Crippen molar-refractivity contribution in [2.45, 2.75) is 25.8 Å². The zero-order valence-corrected chi connectivity index (χ0v) is 10.9. The lowest BCUT2D eigenvalue weighted by atomic mass is 10.1. The van der Waals surface area contributed by atoms with Crippen LogP contribution in [-0.4, -0.2) is 14.8 Å². The number of nitrogens with zero attached hydrogens (tertiary/aromatic N) is 3. The van der Waals surface area contributed by atoms with Crippen molar-refractivity contribution in [2.24, 2.45) is 0 Å². The van der Waals surface area contributed by atoms with Gasteiger partial charge in [-0.2, -0.15) is 0 Å². The fourth-order valence-corrected chi connectivity index (χ4v) is 2.77. The van der Waals surface area contributed by atoms with Crippen LogP contribution in [0.3, 0.4) is 0 Å². The number of fused-ring (bicyclic) bond motifs is 1. The minimum atomic E-state index is 0.738. The van der Waals surface area contributed by atoms with Gasteiger partial charge in [0.15, 0.2) is 5.82 Å². The van der Waals surface area contributed by atoms with Crippen molar-refractivity contribution >= 4 is 21.6 Å². The van der Waals surface area contributed by atoms with Crippen LogP contribution >= 0.6 is 15.9 Å². The number of benzene rings is 1. The normalized spacial score (nSPS) is 14.6. The molecule has 0 saturated carbocycles. The Hall–Kier alpha value is -1.36. The van der Waals surface area contributed by atoms with Gasteiger partial charge in [-0.3, -0.25) is 0 Å². The highest BCUT2D eigenvalue weighted by molar-refractivity contribution is 9.10. The van der Waals surface area contributed by atoms with E-state index in [0.717, 1.165) is 40.3 Å². The molecule has 2 aromatic rings. The van der Waals surface area contributed by atoms with E-state index in [-0.39, 0.29) is 0 Å². The number of halogens is 1. The summed E-state index contributed by atoms with van der Waals surface area (Å²) >= 11 is 3.46. The Kier molecular flexibility index (Phi) is 2.63. The van der Waals surface area contributed by atoms with E-state index in [1.165, 1.54) is 12.8 Å². The van der Waals surface area contributed by atoms with Gasteiger partial charge in [0.2, 0.25) is 0 Å². The summed E-state index contributed by atoms with van der Waals surface area (Å²) in [6.45, 7) is 1.00. The molecule has 0 saturated heterocycles. The highest BCUT2D eigenvalue weighted by atomic mass is 79.9. The van der Waals surface area contributed by atoms with Gasteiger partial charge in [-0.05, 0) is 31.0 Å². The van der Waals surface area contributed by atoms with E-state index in [4.69, 9.17) is 5.73 Å². The summed E-state index contributed by atoms with van der Waals surface area (Å²) in [6, 6.07) is 5.86. The third kappa shape index (κ3) is 1.95. The Balaban J connectivity index is 2.11. The Morgan fingerprint density at radius 3 is 2.88 bits per heavy atom. The Morgan fingerprint density at radius 2 is 2.06 bits per heavy atom. The molecule has 5 heteroatoms. The number of rotatable bonds is 1. The molecule has 1 aliphatic rings. The maximum atomic E-state index is 5.85. The molecular formula is C12H13BrN4. The van der Waals surface area contributed by atoms with Gasteiger partial charge in [-0.15, -0.1) is 10.2 Å². The van der Waals surface area contributed by atoms with Crippen LogP contribution in [0.4, 0.5) is 5.69 Å². The smallest absolute Gasteiger partial charge is 0.164 e. The molecule has 1 aromatic carbocycles. The van der Waals surface area contributed by atoms with Crippen LogP contribution in [0.15, 0.2) is 22.7 Å². The Bertz CT molecular complexity index is 541. The molecule has 0 fully saturated rings. The van der Waals surface area contributed by atoms with Crippen molar-refractivity contribution in [3.8, 4) is 11.4 Å². The Morgan fingerprint density at radius 1 is 1.18 bits per heavy atom. The first kappa shape index (κ1) is 10.8. The van der Waals surface area contributed by atoms with E-state index >= 15 is 0 Å². The first-order valence-corrected chi connectivity index (χ1v) is 6.52. The standard InChI is InChI=1S/C12H13BrN4/c13-9-5-8(6-10(14)7-9)12-16-15-11-3-1-2-4-17(11)12/h5-7H,1-4,14H2. The monoisotopic (exact) mass is 292 g/mol. The van der Waals surface area contributed by atoms with Crippen molar-refractivity contribution in [3.63, 3.8) is 0 Å². The molecular weight excluding hydrogens is 280 g/mol. The van der Waals surface area contributed by atoms with Crippen molar-refractivity contribution in [3.05, 3.63) is 28.5 Å². The summed E-state index contributed by atoms with van der Waals surface area (Å²) in [5.74, 6) is 2.01. The quantitative estimate of drug-likeness (QED) is 0.822. The number of anilines is 1. The van der Waals surface area contributed by atoms with Gasteiger partial charge in [-0.1, -0.05) is 15.9 Å². The third-order valence-electron chi connectivity index (χ3n) is 3.04. The molecule has 3 rings (SSSR count). The van der Waals surface area contributed by atoms with Crippen LogP contribution in [-0.2, 0) is 13.0 Å². The number of aromatic nitrogens is 3. The fraction of sp³-hybridized carbons (Fsp3) is 0.333. The summed E-state index contributed by atoms with van der Waals surface area (Å²) in [6.07, 6.45) is 3.43. The Labute approximate surface area is 108 Å². The molecule has 17 heavy (non-hydrogen) atoms. The summed E-state index contributed by atoms with van der Waals surface area (Å²) in [5, 5.41) is 8.54. The maximum absolute atomic E-state index is 5.85. The lowest BCUT2D eigenvalue weighted by Gasteiger charge is -2.14. The van der Waals surface area contributed by atoms with Crippen LogP contribution in [0.25, 0.3) is 11.4 Å². The van der Waals surface area contributed by atoms with Gasteiger partial charge in [0.25, 0.3) is 0 Å². The number of aryl methyl sites for hydroxylation is 1. The molecule has 0 spiro atoms. The molecule has 0 bridgehead atoms. The van der Waals surface area contributed by atoms with E-state index < -0.39 is 0 Å². The van der Waals surface area contributed by atoms with E-state index in [9.17, 15) is 0 Å². The lowest BCUT2D eigenvalue weighted by molar-refractivity contribution is 0.526. The molecule has 4 nitrogen and oxygen atoms in total. The summed E-state index contributed by atoms with van der Waals surface area (Å²) in [7, 11) is 0. The predicted octanol–water partition coefficient (Wildman–Crippen LogP) is 2.63. The SMILES string of the molecule is Nc1cc(Br)cc(-c2nnc3n2CCCC3)c1. The molecule has 2 heterocycles. The molecule has 0 unspecified atom stereocenters. The number of hydrogen-bond donors (Lipinski definition) is 1. The van der Waals surface area contributed by atoms with Crippen LogP contribution in [0, 0.1) is 0 Å². The zero-order chi connectivity index (χ0) is 11.8. The molecule has 88 valence electrons. The highest BCUT2D eigenvalue weighted by Crippen LogP contribution is 2.27. The van der Waals surface area contributed by atoms with Crippen LogP contribution in [0.5, 0.6) is 0 Å². The van der Waals surface area contributed by atoms with Crippen LogP contribution < -0.4 is 5.73 Å². The summed E-state index contributed by atoms with van der Waals surface area (Å²) < 4.78 is 3.17. The third-order valence-corrected chi connectivity index (χ3v) is 3.50. The van der Waals surface area contributed by atoms with Gasteiger partial charge >= 0.3 is 0 Å². The molecule has 0 radical (unpaired) electrons. The molecule has 2 N–H and O–H groups in total. The van der Waals surface area contributed by atoms with E-state index in [0.29, 0.717) is 0 Å². The van der Waals surface area contributed by atoms with Gasteiger partial charge in [0, 0.05) is 28.7 Å². The minimum absolute atomic E-state index is 0.738. The average Bonchev–Trinajstić information content (AvgIpc) is 2.71. The van der Waals surface area contributed by atoms with Crippen molar-refractivity contribution in [1.82, 2.24) is 14.8 Å².